The van der Waals surface area contributed by atoms with Crippen LogP contribution in [0.2, 0.25) is 0 Å². The van der Waals surface area contributed by atoms with Gasteiger partial charge >= 0.3 is 0 Å². The van der Waals surface area contributed by atoms with E-state index in [0.29, 0.717) is 22.8 Å². The van der Waals surface area contributed by atoms with E-state index in [1.54, 1.807) is 6.07 Å². The molecular formula is C13H11N3O. The highest BCUT2D eigenvalue weighted by atomic mass is 16.4. The van der Waals surface area contributed by atoms with Crippen molar-refractivity contribution >= 4 is 28.5 Å². The molecule has 3 rings (SSSR count). The zero-order valence-electron chi connectivity index (χ0n) is 9.05. The molecule has 4 nitrogen and oxygen atoms in total. The summed E-state index contributed by atoms with van der Waals surface area (Å²) in [6, 6.07) is 15.7. The number of oxazole rings is 1. The second kappa shape index (κ2) is 3.83. The molecular weight excluding hydrogens is 214 g/mol. The van der Waals surface area contributed by atoms with Gasteiger partial charge in [-0.1, -0.05) is 24.3 Å². The molecule has 0 spiro atoms. The lowest BCUT2D eigenvalue weighted by atomic mass is 10.3. The van der Waals surface area contributed by atoms with Crippen molar-refractivity contribution in [3.05, 3.63) is 48.5 Å². The Morgan fingerprint density at radius 3 is 2.59 bits per heavy atom. The number of nitrogen functional groups attached to an aromatic ring is 1. The summed E-state index contributed by atoms with van der Waals surface area (Å²) < 4.78 is 5.55. The maximum atomic E-state index is 5.81. The van der Waals surface area contributed by atoms with Crippen LogP contribution >= 0.6 is 0 Å². The first-order valence-corrected chi connectivity index (χ1v) is 5.30. The molecule has 3 N–H and O–H groups in total. The summed E-state index contributed by atoms with van der Waals surface area (Å²) in [4.78, 5) is 4.30. The minimum atomic E-state index is 0.448. The lowest BCUT2D eigenvalue weighted by Crippen LogP contribution is -1.89. The molecule has 0 unspecified atom stereocenters. The van der Waals surface area contributed by atoms with Crippen molar-refractivity contribution in [1.82, 2.24) is 4.98 Å². The highest BCUT2D eigenvalue weighted by molar-refractivity contribution is 5.86. The number of hydrogen-bond acceptors (Lipinski definition) is 4. The van der Waals surface area contributed by atoms with E-state index in [2.05, 4.69) is 10.3 Å². The SMILES string of the molecule is Nc1cccc2oc(Nc3ccccc3)nc12. The lowest BCUT2D eigenvalue weighted by molar-refractivity contribution is 0.623. The largest absolute Gasteiger partial charge is 0.423 e. The van der Waals surface area contributed by atoms with Gasteiger partial charge in [-0.05, 0) is 24.3 Å². The molecule has 0 aliphatic rings. The number of para-hydroxylation sites is 2. The molecule has 0 aliphatic carbocycles. The van der Waals surface area contributed by atoms with Crippen LogP contribution in [0.4, 0.5) is 17.4 Å². The van der Waals surface area contributed by atoms with Crippen molar-refractivity contribution in [2.45, 2.75) is 0 Å². The first-order valence-electron chi connectivity index (χ1n) is 5.30. The van der Waals surface area contributed by atoms with Gasteiger partial charge in [-0.25, -0.2) is 0 Å². The van der Waals surface area contributed by atoms with Gasteiger partial charge in [0.15, 0.2) is 5.58 Å². The Balaban J connectivity index is 1.99. The zero-order valence-corrected chi connectivity index (χ0v) is 9.05. The summed E-state index contributed by atoms with van der Waals surface area (Å²) in [6.45, 7) is 0. The van der Waals surface area contributed by atoms with Crippen LogP contribution in [0.5, 0.6) is 0 Å². The molecule has 84 valence electrons. The van der Waals surface area contributed by atoms with Gasteiger partial charge in [-0.2, -0.15) is 4.98 Å². The number of fused-ring (bicyclic) bond motifs is 1. The standard InChI is InChI=1S/C13H11N3O/c14-10-7-4-8-11-12(10)16-13(17-11)15-9-5-2-1-3-6-9/h1-8H,14H2,(H,15,16). The normalized spacial score (nSPS) is 10.6. The molecule has 0 saturated carbocycles. The van der Waals surface area contributed by atoms with Gasteiger partial charge in [-0.3, -0.25) is 0 Å². The number of anilines is 3. The molecule has 1 aromatic heterocycles. The van der Waals surface area contributed by atoms with Gasteiger partial charge in [0.25, 0.3) is 6.01 Å². The number of nitrogens with zero attached hydrogens (tertiary/aromatic N) is 1. The van der Waals surface area contributed by atoms with Gasteiger partial charge in [0, 0.05) is 5.69 Å². The Labute approximate surface area is 98.1 Å². The summed E-state index contributed by atoms with van der Waals surface area (Å²) >= 11 is 0. The summed E-state index contributed by atoms with van der Waals surface area (Å²) in [5.41, 5.74) is 8.73. The van der Waals surface area contributed by atoms with E-state index in [9.17, 15) is 0 Å². The van der Waals surface area contributed by atoms with Crippen molar-refractivity contribution in [3.8, 4) is 0 Å². The molecule has 0 radical (unpaired) electrons. The van der Waals surface area contributed by atoms with Crippen LogP contribution in [0, 0.1) is 0 Å². The van der Waals surface area contributed by atoms with Gasteiger partial charge in [-0.15, -0.1) is 0 Å². The summed E-state index contributed by atoms with van der Waals surface area (Å²) in [5.74, 6) is 0. The predicted molar refractivity (Wildman–Crippen MR) is 68.1 cm³/mol. The maximum absolute atomic E-state index is 5.81. The highest BCUT2D eigenvalue weighted by Crippen LogP contribution is 2.25. The fraction of sp³-hybridized carbons (Fsp3) is 0. The first-order chi connectivity index (χ1) is 8.33. The molecule has 0 fully saturated rings. The predicted octanol–water partition coefficient (Wildman–Crippen LogP) is 3.15. The number of rotatable bonds is 2. The van der Waals surface area contributed by atoms with Crippen LogP contribution in [-0.2, 0) is 0 Å². The van der Waals surface area contributed by atoms with E-state index in [-0.39, 0.29) is 0 Å². The molecule has 0 saturated heterocycles. The van der Waals surface area contributed by atoms with Crippen LogP contribution in [0.15, 0.2) is 52.9 Å². The van der Waals surface area contributed by atoms with E-state index in [1.165, 1.54) is 0 Å². The molecule has 0 aliphatic heterocycles. The number of nitrogens with one attached hydrogen (secondary N) is 1. The van der Waals surface area contributed by atoms with Crippen LogP contribution < -0.4 is 11.1 Å². The Morgan fingerprint density at radius 2 is 1.82 bits per heavy atom. The molecule has 1 heterocycles. The van der Waals surface area contributed by atoms with Gasteiger partial charge < -0.3 is 15.5 Å². The molecule has 0 amide bonds. The molecule has 3 aromatic rings. The van der Waals surface area contributed by atoms with Crippen LogP contribution in [0.25, 0.3) is 11.1 Å². The summed E-state index contributed by atoms with van der Waals surface area (Å²) in [7, 11) is 0. The summed E-state index contributed by atoms with van der Waals surface area (Å²) in [5, 5.41) is 3.09. The van der Waals surface area contributed by atoms with Crippen LogP contribution in [0.3, 0.4) is 0 Å². The van der Waals surface area contributed by atoms with Crippen molar-refractivity contribution in [2.24, 2.45) is 0 Å². The third kappa shape index (κ3) is 1.80. The fourth-order valence-electron chi connectivity index (χ4n) is 1.67. The smallest absolute Gasteiger partial charge is 0.300 e. The number of hydrogen-bond donors (Lipinski definition) is 2. The minimum absolute atomic E-state index is 0.448. The lowest BCUT2D eigenvalue weighted by Gasteiger charge is -1.98. The first kappa shape index (κ1) is 9.72. The van der Waals surface area contributed by atoms with E-state index in [0.717, 1.165) is 5.69 Å². The monoisotopic (exact) mass is 225 g/mol. The second-order valence-corrected chi connectivity index (χ2v) is 3.70. The van der Waals surface area contributed by atoms with Crippen molar-refractivity contribution in [3.63, 3.8) is 0 Å². The Kier molecular flexibility index (Phi) is 2.19. The molecule has 0 bridgehead atoms. The van der Waals surface area contributed by atoms with Crippen molar-refractivity contribution in [1.29, 1.82) is 0 Å². The van der Waals surface area contributed by atoms with Gasteiger partial charge in [0.05, 0.1) is 5.69 Å². The van der Waals surface area contributed by atoms with Crippen LogP contribution in [-0.4, -0.2) is 4.98 Å². The van der Waals surface area contributed by atoms with E-state index in [1.807, 2.05) is 42.5 Å². The second-order valence-electron chi connectivity index (χ2n) is 3.70. The Hall–Kier alpha value is -2.49. The highest BCUT2D eigenvalue weighted by Gasteiger charge is 2.07. The average molecular weight is 225 g/mol. The van der Waals surface area contributed by atoms with E-state index < -0.39 is 0 Å². The number of nitrogens with two attached hydrogens (primary N) is 1. The Morgan fingerprint density at radius 1 is 1.00 bits per heavy atom. The third-order valence-corrected chi connectivity index (χ3v) is 2.48. The molecule has 0 atom stereocenters. The quantitative estimate of drug-likeness (QED) is 0.657. The Bertz CT molecular complexity index is 646. The minimum Gasteiger partial charge on any atom is -0.423 e. The van der Waals surface area contributed by atoms with Crippen molar-refractivity contribution in [2.75, 3.05) is 11.1 Å². The van der Waals surface area contributed by atoms with Crippen LogP contribution in [0.1, 0.15) is 0 Å². The van der Waals surface area contributed by atoms with Gasteiger partial charge in [0.2, 0.25) is 0 Å². The molecule has 2 aromatic carbocycles. The third-order valence-electron chi connectivity index (χ3n) is 2.48. The van der Waals surface area contributed by atoms with Crippen molar-refractivity contribution < 1.29 is 4.42 Å². The van der Waals surface area contributed by atoms with E-state index >= 15 is 0 Å². The topological polar surface area (TPSA) is 64.1 Å². The average Bonchev–Trinajstić information content (AvgIpc) is 2.74. The zero-order chi connectivity index (χ0) is 11.7. The van der Waals surface area contributed by atoms with E-state index in [4.69, 9.17) is 10.2 Å². The number of benzene rings is 2. The molecule has 4 heteroatoms. The van der Waals surface area contributed by atoms with Gasteiger partial charge in [0.1, 0.15) is 5.52 Å². The maximum Gasteiger partial charge on any atom is 0.300 e. The number of aromatic nitrogens is 1. The summed E-state index contributed by atoms with van der Waals surface area (Å²) in [6.07, 6.45) is 0. The fourth-order valence-corrected chi connectivity index (χ4v) is 1.67. The molecule has 17 heavy (non-hydrogen) atoms.